The van der Waals surface area contributed by atoms with Crippen LogP contribution in [0.2, 0.25) is 0 Å². The van der Waals surface area contributed by atoms with E-state index in [1.165, 1.54) is 12.1 Å². The normalized spacial score (nSPS) is 10.1. The first-order valence-corrected chi connectivity index (χ1v) is 4.87. The third-order valence-corrected chi connectivity index (χ3v) is 2.26. The van der Waals surface area contributed by atoms with Gasteiger partial charge in [-0.25, -0.2) is 9.18 Å². The van der Waals surface area contributed by atoms with E-state index in [1.807, 2.05) is 18.7 Å². The number of carboxylic acids is 1. The van der Waals surface area contributed by atoms with Crippen molar-refractivity contribution in [2.24, 2.45) is 0 Å². The van der Waals surface area contributed by atoms with Gasteiger partial charge in [-0.3, -0.25) is 0 Å². The Bertz CT molecular complexity index is 362. The van der Waals surface area contributed by atoms with Crippen LogP contribution < -0.4 is 4.90 Å². The first kappa shape index (κ1) is 11.5. The third-order valence-electron chi connectivity index (χ3n) is 2.26. The third kappa shape index (κ3) is 2.68. The summed E-state index contributed by atoms with van der Waals surface area (Å²) < 4.78 is 13.1. The molecule has 0 aliphatic rings. The van der Waals surface area contributed by atoms with Gasteiger partial charge >= 0.3 is 5.97 Å². The largest absolute Gasteiger partial charge is 0.478 e. The number of carboxylic acid groups (broad SMARTS) is 1. The minimum absolute atomic E-state index is 0.0168. The molecule has 0 saturated carbocycles. The summed E-state index contributed by atoms with van der Waals surface area (Å²) >= 11 is 0. The predicted molar refractivity (Wildman–Crippen MR) is 56.9 cm³/mol. The summed E-state index contributed by atoms with van der Waals surface area (Å²) in [6, 6.07) is 3.85. The number of anilines is 1. The van der Waals surface area contributed by atoms with Gasteiger partial charge in [-0.1, -0.05) is 0 Å². The number of aromatic carboxylic acids is 1. The Labute approximate surface area is 88.1 Å². The molecule has 3 nitrogen and oxygen atoms in total. The van der Waals surface area contributed by atoms with Crippen molar-refractivity contribution >= 4 is 11.7 Å². The second-order valence-corrected chi connectivity index (χ2v) is 3.18. The highest BCUT2D eigenvalue weighted by molar-refractivity contribution is 5.88. The van der Waals surface area contributed by atoms with Crippen LogP contribution in [0.4, 0.5) is 10.1 Å². The molecule has 1 aromatic carbocycles. The van der Waals surface area contributed by atoms with Gasteiger partial charge in [0, 0.05) is 18.8 Å². The molecule has 0 radical (unpaired) electrons. The molecule has 0 aromatic heterocycles. The average Bonchev–Trinajstić information content (AvgIpc) is 2.18. The van der Waals surface area contributed by atoms with Crippen LogP contribution in [0.1, 0.15) is 24.2 Å². The van der Waals surface area contributed by atoms with Crippen LogP contribution in [0.25, 0.3) is 0 Å². The van der Waals surface area contributed by atoms with Crippen molar-refractivity contribution in [3.05, 3.63) is 29.6 Å². The summed E-state index contributed by atoms with van der Waals surface area (Å²) in [5.74, 6) is -1.63. The van der Waals surface area contributed by atoms with Crippen LogP contribution >= 0.6 is 0 Å². The summed E-state index contributed by atoms with van der Waals surface area (Å²) in [5, 5.41) is 8.78. The van der Waals surface area contributed by atoms with Gasteiger partial charge < -0.3 is 10.0 Å². The number of carbonyl (C=O) groups is 1. The summed E-state index contributed by atoms with van der Waals surface area (Å²) in [4.78, 5) is 12.6. The van der Waals surface area contributed by atoms with Crippen LogP contribution in [0.5, 0.6) is 0 Å². The van der Waals surface area contributed by atoms with E-state index in [0.717, 1.165) is 19.2 Å². The van der Waals surface area contributed by atoms with E-state index < -0.39 is 11.8 Å². The van der Waals surface area contributed by atoms with E-state index in [1.54, 1.807) is 0 Å². The van der Waals surface area contributed by atoms with Gasteiger partial charge in [0.25, 0.3) is 0 Å². The highest BCUT2D eigenvalue weighted by Crippen LogP contribution is 2.18. The lowest BCUT2D eigenvalue weighted by Crippen LogP contribution is -2.22. The Morgan fingerprint density at radius 2 is 1.93 bits per heavy atom. The molecule has 0 amide bonds. The standard InChI is InChI=1S/C11H14FNO2/c1-3-13(4-2)10-6-8(11(14)15)5-9(12)7-10/h5-7H,3-4H2,1-2H3,(H,14,15). The van der Waals surface area contributed by atoms with E-state index in [-0.39, 0.29) is 5.56 Å². The van der Waals surface area contributed by atoms with E-state index in [2.05, 4.69) is 0 Å². The van der Waals surface area contributed by atoms with Crippen molar-refractivity contribution in [2.45, 2.75) is 13.8 Å². The van der Waals surface area contributed by atoms with Crippen LogP contribution in [-0.2, 0) is 0 Å². The molecule has 1 N–H and O–H groups in total. The Kier molecular flexibility index (Phi) is 3.66. The minimum Gasteiger partial charge on any atom is -0.478 e. The van der Waals surface area contributed by atoms with Crippen LogP contribution in [-0.4, -0.2) is 24.2 Å². The molecule has 82 valence electrons. The second kappa shape index (κ2) is 4.77. The summed E-state index contributed by atoms with van der Waals surface area (Å²) in [6.45, 7) is 5.32. The van der Waals surface area contributed by atoms with Gasteiger partial charge in [0.05, 0.1) is 5.56 Å². The summed E-state index contributed by atoms with van der Waals surface area (Å²) in [5.41, 5.74) is 0.592. The minimum atomic E-state index is -1.11. The van der Waals surface area contributed by atoms with Gasteiger partial charge in [0.15, 0.2) is 0 Å². The summed E-state index contributed by atoms with van der Waals surface area (Å²) in [6.07, 6.45) is 0. The first-order chi connectivity index (χ1) is 7.08. The fourth-order valence-electron chi connectivity index (χ4n) is 1.47. The number of halogens is 1. The lowest BCUT2D eigenvalue weighted by molar-refractivity contribution is 0.0696. The van der Waals surface area contributed by atoms with Crippen molar-refractivity contribution in [3.63, 3.8) is 0 Å². The van der Waals surface area contributed by atoms with Gasteiger partial charge in [0.1, 0.15) is 5.82 Å². The van der Waals surface area contributed by atoms with E-state index >= 15 is 0 Å². The number of hydrogen-bond acceptors (Lipinski definition) is 2. The molecule has 0 unspecified atom stereocenters. The van der Waals surface area contributed by atoms with E-state index in [9.17, 15) is 9.18 Å². The molecule has 0 atom stereocenters. The topological polar surface area (TPSA) is 40.5 Å². The maximum absolute atomic E-state index is 13.1. The van der Waals surface area contributed by atoms with E-state index in [4.69, 9.17) is 5.11 Å². The molecule has 0 heterocycles. The predicted octanol–water partition coefficient (Wildman–Crippen LogP) is 2.37. The molecular weight excluding hydrogens is 197 g/mol. The molecule has 4 heteroatoms. The van der Waals surface area contributed by atoms with Crippen molar-refractivity contribution in [1.82, 2.24) is 0 Å². The lowest BCUT2D eigenvalue weighted by atomic mass is 10.2. The fourth-order valence-corrected chi connectivity index (χ4v) is 1.47. The Morgan fingerprint density at radius 3 is 2.40 bits per heavy atom. The van der Waals surface area contributed by atoms with Gasteiger partial charge in [-0.15, -0.1) is 0 Å². The highest BCUT2D eigenvalue weighted by atomic mass is 19.1. The molecule has 1 aromatic rings. The summed E-state index contributed by atoms with van der Waals surface area (Å²) in [7, 11) is 0. The molecule has 0 fully saturated rings. The van der Waals surface area contributed by atoms with Crippen molar-refractivity contribution < 1.29 is 14.3 Å². The molecule has 1 rings (SSSR count). The smallest absolute Gasteiger partial charge is 0.335 e. The number of benzene rings is 1. The molecule has 0 spiro atoms. The zero-order chi connectivity index (χ0) is 11.4. The number of nitrogens with zero attached hydrogens (tertiary/aromatic N) is 1. The zero-order valence-corrected chi connectivity index (χ0v) is 8.83. The quantitative estimate of drug-likeness (QED) is 0.831. The fraction of sp³-hybridized carbons (Fsp3) is 0.364. The van der Waals surface area contributed by atoms with Crippen LogP contribution in [0.15, 0.2) is 18.2 Å². The molecule has 0 saturated heterocycles. The van der Waals surface area contributed by atoms with Gasteiger partial charge in [0.2, 0.25) is 0 Å². The van der Waals surface area contributed by atoms with E-state index in [0.29, 0.717) is 5.69 Å². The first-order valence-electron chi connectivity index (χ1n) is 4.87. The molecule has 15 heavy (non-hydrogen) atoms. The number of rotatable bonds is 4. The maximum Gasteiger partial charge on any atom is 0.335 e. The van der Waals surface area contributed by atoms with Crippen molar-refractivity contribution in [3.8, 4) is 0 Å². The zero-order valence-electron chi connectivity index (χ0n) is 8.83. The molecule has 0 aliphatic carbocycles. The molecular formula is C11H14FNO2. The Hall–Kier alpha value is -1.58. The van der Waals surface area contributed by atoms with Gasteiger partial charge in [-0.05, 0) is 32.0 Å². The lowest BCUT2D eigenvalue weighted by Gasteiger charge is -2.21. The monoisotopic (exact) mass is 211 g/mol. The Balaban J connectivity index is 3.13. The van der Waals surface area contributed by atoms with Crippen LogP contribution in [0, 0.1) is 5.82 Å². The highest BCUT2D eigenvalue weighted by Gasteiger charge is 2.09. The number of hydrogen-bond donors (Lipinski definition) is 1. The van der Waals surface area contributed by atoms with Crippen molar-refractivity contribution in [1.29, 1.82) is 0 Å². The van der Waals surface area contributed by atoms with Crippen LogP contribution in [0.3, 0.4) is 0 Å². The average molecular weight is 211 g/mol. The molecule has 0 aliphatic heterocycles. The maximum atomic E-state index is 13.1. The SMILES string of the molecule is CCN(CC)c1cc(F)cc(C(=O)O)c1. The Morgan fingerprint density at radius 1 is 1.33 bits per heavy atom. The second-order valence-electron chi connectivity index (χ2n) is 3.18. The van der Waals surface area contributed by atoms with Gasteiger partial charge in [-0.2, -0.15) is 0 Å². The molecule has 0 bridgehead atoms. The van der Waals surface area contributed by atoms with Crippen molar-refractivity contribution in [2.75, 3.05) is 18.0 Å².